The van der Waals surface area contributed by atoms with Gasteiger partial charge in [0, 0.05) is 13.5 Å². The van der Waals surface area contributed by atoms with Gasteiger partial charge in [0.15, 0.2) is 0 Å². The molecule has 1 heterocycles. The first-order valence-corrected chi connectivity index (χ1v) is 3.39. The molecule has 0 aromatic rings. The molecule has 0 unspecified atom stereocenters. The predicted octanol–water partition coefficient (Wildman–Crippen LogP) is -0.941. The summed E-state index contributed by atoms with van der Waals surface area (Å²) in [6.07, 6.45) is -0.645. The highest BCUT2D eigenvalue weighted by molar-refractivity contribution is 6.37. The Morgan fingerprint density at radius 2 is 2.25 bits per heavy atom. The van der Waals surface area contributed by atoms with E-state index < -0.39 is 17.8 Å². The molecule has 0 aliphatic carbocycles. The Balaban J connectivity index is 2.50. The number of hydroxylamine groups is 2. The van der Waals surface area contributed by atoms with Crippen LogP contribution >= 0.6 is 0 Å². The molecular formula is C6H8N2O4. The Morgan fingerprint density at radius 3 is 2.67 bits per heavy atom. The zero-order valence-corrected chi connectivity index (χ0v) is 6.49. The van der Waals surface area contributed by atoms with Crippen molar-refractivity contribution in [1.29, 1.82) is 0 Å². The number of ketones is 1. The van der Waals surface area contributed by atoms with Crippen molar-refractivity contribution in [3.8, 4) is 0 Å². The van der Waals surface area contributed by atoms with Crippen molar-refractivity contribution in [3.05, 3.63) is 0 Å². The first-order chi connectivity index (χ1) is 5.65. The number of Topliss-reactive ketones (excluding diaryl/α,β-unsaturated/α-hetero) is 1. The van der Waals surface area contributed by atoms with E-state index in [1.807, 2.05) is 0 Å². The Bertz CT molecular complexity index is 238. The summed E-state index contributed by atoms with van der Waals surface area (Å²) in [5, 5.41) is 2.91. The number of nitrogens with one attached hydrogen (secondary N) is 1. The molecule has 0 atom stereocenters. The number of carbonyl (C=O) groups excluding carboxylic acids is 3. The summed E-state index contributed by atoms with van der Waals surface area (Å²) in [6.45, 7) is 0.144. The van der Waals surface area contributed by atoms with Crippen molar-refractivity contribution >= 4 is 17.8 Å². The minimum Gasteiger partial charge on any atom is -0.323 e. The van der Waals surface area contributed by atoms with E-state index in [0.29, 0.717) is 0 Å². The lowest BCUT2D eigenvalue weighted by atomic mass is 10.3. The van der Waals surface area contributed by atoms with Gasteiger partial charge in [-0.25, -0.2) is 4.79 Å². The van der Waals surface area contributed by atoms with Gasteiger partial charge in [-0.2, -0.15) is 5.06 Å². The van der Waals surface area contributed by atoms with Gasteiger partial charge in [0.05, 0.1) is 6.54 Å². The summed E-state index contributed by atoms with van der Waals surface area (Å²) < 4.78 is 0. The SMILES string of the molecule is CNC(=O)ON1CCC(=O)C1=O. The zero-order chi connectivity index (χ0) is 9.14. The molecule has 0 spiro atoms. The molecule has 1 aliphatic rings. The average molecular weight is 172 g/mol. The van der Waals surface area contributed by atoms with Gasteiger partial charge in [-0.1, -0.05) is 0 Å². The van der Waals surface area contributed by atoms with E-state index in [1.165, 1.54) is 7.05 Å². The van der Waals surface area contributed by atoms with E-state index in [9.17, 15) is 14.4 Å². The van der Waals surface area contributed by atoms with Crippen LogP contribution in [-0.4, -0.2) is 36.4 Å². The third-order valence-corrected chi connectivity index (χ3v) is 1.40. The van der Waals surface area contributed by atoms with E-state index >= 15 is 0 Å². The molecule has 0 saturated carbocycles. The number of rotatable bonds is 1. The largest absolute Gasteiger partial charge is 0.431 e. The van der Waals surface area contributed by atoms with Gasteiger partial charge < -0.3 is 10.2 Å². The van der Waals surface area contributed by atoms with Crippen LogP contribution in [0, 0.1) is 0 Å². The predicted molar refractivity (Wildman–Crippen MR) is 36.9 cm³/mol. The quantitative estimate of drug-likeness (QED) is 0.518. The molecule has 1 fully saturated rings. The lowest BCUT2D eigenvalue weighted by molar-refractivity contribution is -0.161. The van der Waals surface area contributed by atoms with E-state index in [2.05, 4.69) is 10.2 Å². The second kappa shape index (κ2) is 3.21. The summed E-state index contributed by atoms with van der Waals surface area (Å²) in [7, 11) is 1.37. The molecule has 2 amide bonds. The van der Waals surface area contributed by atoms with Gasteiger partial charge in [0.25, 0.3) is 0 Å². The molecule has 12 heavy (non-hydrogen) atoms. The van der Waals surface area contributed by atoms with Crippen molar-refractivity contribution in [1.82, 2.24) is 10.4 Å². The number of hydrogen-bond acceptors (Lipinski definition) is 4. The molecular weight excluding hydrogens is 164 g/mol. The molecule has 1 N–H and O–H groups in total. The van der Waals surface area contributed by atoms with Crippen molar-refractivity contribution < 1.29 is 19.2 Å². The fourth-order valence-electron chi connectivity index (χ4n) is 0.783. The molecule has 1 aliphatic heterocycles. The smallest absolute Gasteiger partial charge is 0.323 e. The highest BCUT2D eigenvalue weighted by atomic mass is 16.7. The van der Waals surface area contributed by atoms with E-state index in [1.54, 1.807) is 0 Å². The highest BCUT2D eigenvalue weighted by Gasteiger charge is 2.32. The third-order valence-electron chi connectivity index (χ3n) is 1.40. The maximum Gasteiger partial charge on any atom is 0.431 e. The molecule has 66 valence electrons. The number of carbonyl (C=O) groups is 3. The first-order valence-electron chi connectivity index (χ1n) is 3.39. The molecule has 0 aromatic carbocycles. The second-order valence-electron chi connectivity index (χ2n) is 2.21. The average Bonchev–Trinajstić information content (AvgIpc) is 2.36. The molecule has 6 heteroatoms. The summed E-state index contributed by atoms with van der Waals surface area (Å²) >= 11 is 0. The van der Waals surface area contributed by atoms with Crippen LogP contribution in [0.15, 0.2) is 0 Å². The van der Waals surface area contributed by atoms with Crippen molar-refractivity contribution in [3.63, 3.8) is 0 Å². The molecule has 6 nitrogen and oxygen atoms in total. The van der Waals surface area contributed by atoms with Gasteiger partial charge in [-0.15, -0.1) is 0 Å². The zero-order valence-electron chi connectivity index (χ0n) is 6.49. The topological polar surface area (TPSA) is 75.7 Å². The van der Waals surface area contributed by atoms with Crippen molar-refractivity contribution in [2.75, 3.05) is 13.6 Å². The summed E-state index contributed by atoms with van der Waals surface area (Å²) in [6, 6.07) is 0. The number of hydrogen-bond donors (Lipinski definition) is 1. The lowest BCUT2D eigenvalue weighted by Gasteiger charge is -2.12. The monoisotopic (exact) mass is 172 g/mol. The summed E-state index contributed by atoms with van der Waals surface area (Å²) in [5.74, 6) is -1.29. The van der Waals surface area contributed by atoms with Gasteiger partial charge >= 0.3 is 12.0 Å². The minimum atomic E-state index is -0.765. The summed E-state index contributed by atoms with van der Waals surface area (Å²) in [5.41, 5.74) is 0. The van der Waals surface area contributed by atoms with Gasteiger partial charge in [-0.3, -0.25) is 9.59 Å². The molecule has 0 aromatic heterocycles. The Hall–Kier alpha value is -1.59. The van der Waals surface area contributed by atoms with Crippen LogP contribution in [0.2, 0.25) is 0 Å². The Labute approximate surface area is 68.4 Å². The van der Waals surface area contributed by atoms with Crippen molar-refractivity contribution in [2.24, 2.45) is 0 Å². The second-order valence-corrected chi connectivity index (χ2v) is 2.21. The van der Waals surface area contributed by atoms with Crippen LogP contribution in [0.5, 0.6) is 0 Å². The van der Waals surface area contributed by atoms with Gasteiger partial charge in [-0.05, 0) is 0 Å². The van der Waals surface area contributed by atoms with Crippen LogP contribution in [0.1, 0.15) is 6.42 Å². The lowest BCUT2D eigenvalue weighted by Crippen LogP contribution is -2.34. The van der Waals surface area contributed by atoms with Crippen LogP contribution in [0.25, 0.3) is 0 Å². The Kier molecular flexibility index (Phi) is 2.27. The minimum absolute atomic E-state index is 0.107. The van der Waals surface area contributed by atoms with Gasteiger partial charge in [0.1, 0.15) is 0 Å². The van der Waals surface area contributed by atoms with Crippen molar-refractivity contribution in [2.45, 2.75) is 6.42 Å². The number of amides is 2. The maximum atomic E-state index is 10.8. The van der Waals surface area contributed by atoms with Crippen LogP contribution in [0.3, 0.4) is 0 Å². The molecule has 1 saturated heterocycles. The van der Waals surface area contributed by atoms with Gasteiger partial charge in [0.2, 0.25) is 5.78 Å². The normalized spacial score (nSPS) is 16.6. The van der Waals surface area contributed by atoms with Crippen LogP contribution in [-0.2, 0) is 14.4 Å². The number of nitrogens with zero attached hydrogens (tertiary/aromatic N) is 1. The summed E-state index contributed by atoms with van der Waals surface area (Å²) in [4.78, 5) is 36.5. The first kappa shape index (κ1) is 8.51. The Morgan fingerprint density at radius 1 is 1.58 bits per heavy atom. The van der Waals surface area contributed by atoms with E-state index in [4.69, 9.17) is 0 Å². The van der Waals surface area contributed by atoms with Crippen LogP contribution < -0.4 is 5.32 Å². The maximum absolute atomic E-state index is 10.8. The van der Waals surface area contributed by atoms with E-state index in [-0.39, 0.29) is 13.0 Å². The highest BCUT2D eigenvalue weighted by Crippen LogP contribution is 2.06. The standard InChI is InChI=1S/C6H8N2O4/c1-7-6(11)12-8-3-2-4(9)5(8)10/h2-3H2,1H3,(H,7,11). The van der Waals surface area contributed by atoms with E-state index in [0.717, 1.165) is 5.06 Å². The molecule has 0 bridgehead atoms. The van der Waals surface area contributed by atoms with Crippen LogP contribution in [0.4, 0.5) is 4.79 Å². The fourth-order valence-corrected chi connectivity index (χ4v) is 0.783. The molecule has 0 radical (unpaired) electrons. The fraction of sp³-hybridized carbons (Fsp3) is 0.500. The third kappa shape index (κ3) is 1.52. The molecule has 1 rings (SSSR count).